The van der Waals surface area contributed by atoms with Gasteiger partial charge in [0.15, 0.2) is 10.6 Å². The molecule has 0 aliphatic heterocycles. The molecule has 80 valence electrons. The Bertz CT molecular complexity index is 474. The van der Waals surface area contributed by atoms with Crippen molar-refractivity contribution in [2.75, 3.05) is 0 Å². The van der Waals surface area contributed by atoms with Gasteiger partial charge in [-0.25, -0.2) is 0 Å². The fraction of sp³-hybridized carbons (Fsp3) is 0.143. The van der Waals surface area contributed by atoms with Crippen molar-refractivity contribution in [3.8, 4) is 0 Å². The number of aryl methyl sites for hydroxylation is 1. The molecule has 0 spiro atoms. The van der Waals surface area contributed by atoms with Crippen molar-refractivity contribution in [1.29, 1.82) is 0 Å². The van der Waals surface area contributed by atoms with E-state index in [1.165, 1.54) is 5.56 Å². The first kappa shape index (κ1) is 11.0. The van der Waals surface area contributed by atoms with Crippen LogP contribution in [-0.4, -0.2) is 0 Å². The second kappa shape index (κ2) is 5.05. The van der Waals surface area contributed by atoms with E-state index < -0.39 is 7.80 Å². The molecular formula is C14H14OP+. The second-order valence-corrected chi connectivity index (χ2v) is 5.27. The third kappa shape index (κ3) is 2.37. The summed E-state index contributed by atoms with van der Waals surface area (Å²) in [7, 11) is -1.44. The maximum Gasteiger partial charge on any atom is 0.415 e. The predicted octanol–water partition coefficient (Wildman–Crippen LogP) is 3.03. The predicted molar refractivity (Wildman–Crippen MR) is 69.1 cm³/mol. The summed E-state index contributed by atoms with van der Waals surface area (Å²) in [5, 5.41) is 1.79. The molecule has 1 unspecified atom stereocenters. The Hall–Kier alpha value is -1.46. The monoisotopic (exact) mass is 229 g/mol. The highest BCUT2D eigenvalue weighted by Gasteiger charge is 2.22. The van der Waals surface area contributed by atoms with E-state index in [1.807, 2.05) is 54.6 Å². The van der Waals surface area contributed by atoms with E-state index in [0.717, 1.165) is 17.0 Å². The molecule has 0 aliphatic carbocycles. The molecule has 0 radical (unpaired) electrons. The minimum atomic E-state index is -1.44. The lowest BCUT2D eigenvalue weighted by Gasteiger charge is -1.94. The summed E-state index contributed by atoms with van der Waals surface area (Å²) in [6, 6.07) is 17.6. The van der Waals surface area contributed by atoms with Crippen LogP contribution in [0.25, 0.3) is 0 Å². The van der Waals surface area contributed by atoms with Crippen LogP contribution in [0, 0.1) is 0 Å². The van der Waals surface area contributed by atoms with Crippen LogP contribution in [0.4, 0.5) is 0 Å². The van der Waals surface area contributed by atoms with Crippen molar-refractivity contribution < 1.29 is 4.57 Å². The van der Waals surface area contributed by atoms with Gasteiger partial charge in [0, 0.05) is 0 Å². The van der Waals surface area contributed by atoms with Crippen molar-refractivity contribution in [1.82, 2.24) is 0 Å². The molecule has 0 aromatic heterocycles. The minimum Gasteiger partial charge on any atom is -0.0619 e. The fourth-order valence-electron chi connectivity index (χ4n) is 1.58. The Morgan fingerprint density at radius 3 is 2.00 bits per heavy atom. The molecular weight excluding hydrogens is 215 g/mol. The van der Waals surface area contributed by atoms with Gasteiger partial charge >= 0.3 is 7.80 Å². The van der Waals surface area contributed by atoms with Gasteiger partial charge in [0.1, 0.15) is 0 Å². The van der Waals surface area contributed by atoms with Gasteiger partial charge in [-0.05, 0) is 36.2 Å². The van der Waals surface area contributed by atoms with Crippen molar-refractivity contribution >= 4 is 18.4 Å². The van der Waals surface area contributed by atoms with Gasteiger partial charge in [0.25, 0.3) is 0 Å². The van der Waals surface area contributed by atoms with E-state index in [0.29, 0.717) is 0 Å². The highest BCUT2D eigenvalue weighted by atomic mass is 31.1. The van der Waals surface area contributed by atoms with E-state index in [1.54, 1.807) is 0 Å². The minimum absolute atomic E-state index is 0.891. The highest BCUT2D eigenvalue weighted by molar-refractivity contribution is 7.61. The molecule has 1 atom stereocenters. The normalized spacial score (nSPS) is 11.2. The van der Waals surface area contributed by atoms with Crippen LogP contribution in [0.15, 0.2) is 54.6 Å². The number of benzene rings is 2. The van der Waals surface area contributed by atoms with E-state index in [9.17, 15) is 4.57 Å². The lowest BCUT2D eigenvalue weighted by atomic mass is 10.2. The lowest BCUT2D eigenvalue weighted by Crippen LogP contribution is -2.05. The van der Waals surface area contributed by atoms with Gasteiger partial charge in [0.05, 0.1) is 0 Å². The van der Waals surface area contributed by atoms with Crippen LogP contribution in [0.1, 0.15) is 12.5 Å². The number of hydrogen-bond acceptors (Lipinski definition) is 1. The molecule has 0 N–H and O–H groups in total. The molecule has 0 saturated carbocycles. The smallest absolute Gasteiger partial charge is 0.0619 e. The molecule has 0 aliphatic rings. The van der Waals surface area contributed by atoms with E-state index >= 15 is 0 Å². The summed E-state index contributed by atoms with van der Waals surface area (Å²) in [6.07, 6.45) is 1.02. The maximum absolute atomic E-state index is 12.2. The van der Waals surface area contributed by atoms with Crippen molar-refractivity contribution in [2.45, 2.75) is 13.3 Å². The van der Waals surface area contributed by atoms with Gasteiger partial charge < -0.3 is 0 Å². The topological polar surface area (TPSA) is 17.1 Å². The summed E-state index contributed by atoms with van der Waals surface area (Å²) in [6.45, 7) is 2.12. The van der Waals surface area contributed by atoms with Crippen LogP contribution < -0.4 is 10.6 Å². The van der Waals surface area contributed by atoms with Gasteiger partial charge in [-0.1, -0.05) is 41.8 Å². The van der Waals surface area contributed by atoms with Gasteiger partial charge in [-0.15, -0.1) is 0 Å². The third-order valence-corrected chi connectivity index (χ3v) is 4.10. The van der Waals surface area contributed by atoms with Gasteiger partial charge in [-0.2, -0.15) is 0 Å². The lowest BCUT2D eigenvalue weighted by molar-refractivity contribution is 0.598. The zero-order valence-corrected chi connectivity index (χ0v) is 10.2. The Balaban J connectivity index is 2.28. The van der Waals surface area contributed by atoms with E-state index in [-0.39, 0.29) is 0 Å². The molecule has 1 nitrogen and oxygen atoms in total. The van der Waals surface area contributed by atoms with E-state index in [4.69, 9.17) is 0 Å². The van der Waals surface area contributed by atoms with Crippen LogP contribution in [0.3, 0.4) is 0 Å². The van der Waals surface area contributed by atoms with Crippen LogP contribution >= 0.6 is 7.80 Å². The molecule has 16 heavy (non-hydrogen) atoms. The number of rotatable bonds is 3. The highest BCUT2D eigenvalue weighted by Crippen LogP contribution is 2.19. The van der Waals surface area contributed by atoms with Crippen LogP contribution in [0.5, 0.6) is 0 Å². The van der Waals surface area contributed by atoms with E-state index in [2.05, 4.69) is 6.92 Å². The van der Waals surface area contributed by atoms with Gasteiger partial charge in [-0.3, -0.25) is 0 Å². The summed E-state index contributed by atoms with van der Waals surface area (Å²) in [5.41, 5.74) is 1.28. The Morgan fingerprint density at radius 1 is 0.875 bits per heavy atom. The zero-order valence-electron chi connectivity index (χ0n) is 9.26. The molecule has 0 saturated heterocycles. The zero-order chi connectivity index (χ0) is 11.4. The number of hydrogen-bond donors (Lipinski definition) is 0. The largest absolute Gasteiger partial charge is 0.415 e. The Labute approximate surface area is 96.9 Å². The van der Waals surface area contributed by atoms with Crippen molar-refractivity contribution in [2.24, 2.45) is 0 Å². The first-order valence-corrected chi connectivity index (χ1v) is 6.68. The first-order chi connectivity index (χ1) is 7.81. The van der Waals surface area contributed by atoms with Gasteiger partial charge in [0.2, 0.25) is 0 Å². The summed E-state index contributed by atoms with van der Waals surface area (Å²) < 4.78 is 12.2. The van der Waals surface area contributed by atoms with Crippen molar-refractivity contribution in [3.63, 3.8) is 0 Å². The average Bonchev–Trinajstić information content (AvgIpc) is 2.39. The average molecular weight is 229 g/mol. The Morgan fingerprint density at radius 2 is 1.44 bits per heavy atom. The first-order valence-electron chi connectivity index (χ1n) is 5.42. The molecule has 2 aromatic rings. The summed E-state index contributed by atoms with van der Waals surface area (Å²) in [4.78, 5) is 0. The SMILES string of the molecule is CCc1ccc([P+](=O)c2ccccc2)cc1. The summed E-state index contributed by atoms with van der Waals surface area (Å²) >= 11 is 0. The second-order valence-electron chi connectivity index (χ2n) is 3.65. The van der Waals surface area contributed by atoms with Crippen molar-refractivity contribution in [3.05, 3.63) is 60.2 Å². The fourth-order valence-corrected chi connectivity index (χ4v) is 2.74. The van der Waals surface area contributed by atoms with Crippen LogP contribution in [0.2, 0.25) is 0 Å². The molecule has 0 amide bonds. The molecule has 2 aromatic carbocycles. The molecule has 0 bridgehead atoms. The summed E-state index contributed by atoms with van der Waals surface area (Å²) in [5.74, 6) is 0. The molecule has 0 fully saturated rings. The molecule has 2 heteroatoms. The molecule has 2 rings (SSSR count). The molecule has 0 heterocycles. The quantitative estimate of drug-likeness (QED) is 0.739. The third-order valence-electron chi connectivity index (χ3n) is 2.57. The van der Waals surface area contributed by atoms with Crippen LogP contribution in [-0.2, 0) is 11.0 Å². The standard InChI is InChI=1S/C14H14OP/c1-2-12-8-10-14(11-9-12)16(15)13-6-4-3-5-7-13/h3-11H,2H2,1H3/q+1. The maximum atomic E-state index is 12.2. The Kier molecular flexibility index (Phi) is 3.48.